The number of nitrogens with zero attached hydrogens (tertiary/aromatic N) is 1. The van der Waals surface area contributed by atoms with E-state index in [4.69, 9.17) is 0 Å². The molecule has 0 aliphatic carbocycles. The normalized spacial score (nSPS) is 13.7. The molecule has 1 aromatic carbocycles. The molecule has 0 radical (unpaired) electrons. The van der Waals surface area contributed by atoms with Crippen LogP contribution >= 0.6 is 11.8 Å². The lowest BCUT2D eigenvalue weighted by Crippen LogP contribution is -2.15. The number of halogens is 1. The minimum Gasteiger partial charge on any atom is -0.306 e. The fourth-order valence-electron chi connectivity index (χ4n) is 1.94. The van der Waals surface area contributed by atoms with Gasteiger partial charge in [0.1, 0.15) is 11.6 Å². The van der Waals surface area contributed by atoms with Crippen molar-refractivity contribution in [3.05, 3.63) is 51.2 Å². The van der Waals surface area contributed by atoms with Gasteiger partial charge < -0.3 is 4.98 Å². The Morgan fingerprint density at radius 2 is 2.22 bits per heavy atom. The Labute approximate surface area is 107 Å². The van der Waals surface area contributed by atoms with Gasteiger partial charge in [-0.1, -0.05) is 12.1 Å². The fraction of sp³-hybridized carbons (Fsp3) is 0.231. The molecule has 1 aliphatic rings. The molecule has 3 rings (SSSR count). The minimum absolute atomic E-state index is 0.110. The second-order valence-electron chi connectivity index (χ2n) is 4.30. The van der Waals surface area contributed by atoms with Crippen molar-refractivity contribution in [2.45, 2.75) is 18.4 Å². The number of rotatable bonds is 1. The number of aryl methyl sites for hydroxylation is 1. The van der Waals surface area contributed by atoms with Gasteiger partial charge in [0, 0.05) is 22.6 Å². The van der Waals surface area contributed by atoms with Gasteiger partial charge in [0.05, 0.1) is 5.69 Å². The van der Waals surface area contributed by atoms with E-state index in [9.17, 15) is 9.18 Å². The van der Waals surface area contributed by atoms with Crippen LogP contribution in [0.2, 0.25) is 0 Å². The number of benzene rings is 1. The van der Waals surface area contributed by atoms with E-state index < -0.39 is 0 Å². The van der Waals surface area contributed by atoms with E-state index in [0.717, 1.165) is 17.0 Å². The lowest BCUT2D eigenvalue weighted by molar-refractivity contribution is 0.619. The Kier molecular flexibility index (Phi) is 2.70. The lowest BCUT2D eigenvalue weighted by atomic mass is 10.1. The Bertz CT molecular complexity index is 681. The molecule has 0 unspecified atom stereocenters. The summed E-state index contributed by atoms with van der Waals surface area (Å²) >= 11 is 1.67. The predicted molar refractivity (Wildman–Crippen MR) is 70.0 cm³/mol. The van der Waals surface area contributed by atoms with E-state index in [1.807, 2.05) is 0 Å². The van der Waals surface area contributed by atoms with E-state index in [1.54, 1.807) is 30.8 Å². The van der Waals surface area contributed by atoms with Crippen molar-refractivity contribution in [2.75, 3.05) is 0 Å². The first-order valence-electron chi connectivity index (χ1n) is 5.61. The maximum atomic E-state index is 13.5. The summed E-state index contributed by atoms with van der Waals surface area (Å²) in [6.07, 6.45) is 0. The maximum Gasteiger partial charge on any atom is 0.255 e. The molecule has 2 heterocycles. The van der Waals surface area contributed by atoms with E-state index in [-0.39, 0.29) is 11.4 Å². The van der Waals surface area contributed by atoms with E-state index in [1.165, 1.54) is 6.07 Å². The average molecular weight is 262 g/mol. The molecule has 0 saturated carbocycles. The van der Waals surface area contributed by atoms with Gasteiger partial charge in [0.25, 0.3) is 5.56 Å². The predicted octanol–water partition coefficient (Wildman–Crippen LogP) is 2.63. The highest BCUT2D eigenvalue weighted by Crippen LogP contribution is 2.27. The van der Waals surface area contributed by atoms with Crippen LogP contribution in [-0.4, -0.2) is 9.97 Å². The fourth-order valence-corrected chi connectivity index (χ4v) is 2.98. The van der Waals surface area contributed by atoms with Crippen LogP contribution in [0.25, 0.3) is 11.4 Å². The molecule has 1 N–H and O–H groups in total. The molecule has 2 aromatic rings. The molecule has 1 aromatic heterocycles. The van der Waals surface area contributed by atoms with E-state index >= 15 is 0 Å². The number of hydrogen-bond acceptors (Lipinski definition) is 3. The molecular weight excluding hydrogens is 251 g/mol. The third-order valence-corrected chi connectivity index (χ3v) is 4.00. The zero-order valence-electron chi connectivity index (χ0n) is 9.79. The van der Waals surface area contributed by atoms with Gasteiger partial charge >= 0.3 is 0 Å². The first-order valence-corrected chi connectivity index (χ1v) is 6.77. The van der Waals surface area contributed by atoms with Crippen molar-refractivity contribution < 1.29 is 4.39 Å². The lowest BCUT2D eigenvalue weighted by Gasteiger charge is -2.05. The molecule has 1 aliphatic heterocycles. The van der Waals surface area contributed by atoms with Crippen molar-refractivity contribution in [1.82, 2.24) is 9.97 Å². The molecule has 5 heteroatoms. The number of H-pyrrole nitrogens is 1. The third kappa shape index (κ3) is 1.84. The van der Waals surface area contributed by atoms with Crippen LogP contribution in [0.15, 0.2) is 23.0 Å². The third-order valence-electron chi connectivity index (χ3n) is 3.03. The summed E-state index contributed by atoms with van der Waals surface area (Å²) < 4.78 is 13.5. The second kappa shape index (κ2) is 4.24. The number of fused-ring (bicyclic) bond motifs is 1. The number of hydrogen-bond donors (Lipinski definition) is 1. The summed E-state index contributed by atoms with van der Waals surface area (Å²) in [5.41, 5.74) is 2.64. The zero-order valence-corrected chi connectivity index (χ0v) is 10.6. The molecule has 0 spiro atoms. The van der Waals surface area contributed by atoms with E-state index in [2.05, 4.69) is 9.97 Å². The van der Waals surface area contributed by atoms with Crippen molar-refractivity contribution in [2.24, 2.45) is 0 Å². The minimum atomic E-state index is -0.287. The van der Waals surface area contributed by atoms with Crippen LogP contribution in [0, 0.1) is 12.7 Å². The molecular formula is C13H11FN2OS. The van der Waals surface area contributed by atoms with Gasteiger partial charge in [-0.2, -0.15) is 11.8 Å². The highest BCUT2D eigenvalue weighted by molar-refractivity contribution is 7.98. The number of aromatic nitrogens is 2. The SMILES string of the molecule is Cc1ccc(-c2nc3c(c(=O)[nH]2)CSC3)cc1F. The molecule has 0 bridgehead atoms. The summed E-state index contributed by atoms with van der Waals surface area (Å²) in [7, 11) is 0. The molecule has 3 nitrogen and oxygen atoms in total. The molecule has 0 saturated heterocycles. The van der Waals surface area contributed by atoms with Gasteiger partial charge in [0.15, 0.2) is 0 Å². The van der Waals surface area contributed by atoms with Crippen molar-refractivity contribution in [3.8, 4) is 11.4 Å². The zero-order chi connectivity index (χ0) is 12.7. The van der Waals surface area contributed by atoms with Gasteiger partial charge in [-0.25, -0.2) is 9.37 Å². The quantitative estimate of drug-likeness (QED) is 0.859. The summed E-state index contributed by atoms with van der Waals surface area (Å²) in [5, 5.41) is 0. The van der Waals surface area contributed by atoms with Gasteiger partial charge in [-0.05, 0) is 18.6 Å². The summed E-state index contributed by atoms with van der Waals surface area (Å²) in [5.74, 6) is 1.62. The van der Waals surface area contributed by atoms with Crippen LogP contribution < -0.4 is 5.56 Å². The van der Waals surface area contributed by atoms with Crippen LogP contribution in [0.1, 0.15) is 16.8 Å². The Morgan fingerprint density at radius 3 is 3.00 bits per heavy atom. The van der Waals surface area contributed by atoms with Crippen LogP contribution in [0.5, 0.6) is 0 Å². The Morgan fingerprint density at radius 1 is 1.39 bits per heavy atom. The summed E-state index contributed by atoms with van der Waals surface area (Å²) in [6, 6.07) is 4.86. The Balaban J connectivity index is 2.15. The second-order valence-corrected chi connectivity index (χ2v) is 5.28. The highest BCUT2D eigenvalue weighted by atomic mass is 32.2. The first kappa shape index (κ1) is 11.5. The molecule has 0 fully saturated rings. The average Bonchev–Trinajstić information content (AvgIpc) is 2.81. The van der Waals surface area contributed by atoms with Crippen LogP contribution in [0.3, 0.4) is 0 Å². The van der Waals surface area contributed by atoms with Crippen molar-refractivity contribution in [1.29, 1.82) is 0 Å². The topological polar surface area (TPSA) is 45.8 Å². The van der Waals surface area contributed by atoms with Crippen LogP contribution in [0.4, 0.5) is 4.39 Å². The monoisotopic (exact) mass is 262 g/mol. The Hall–Kier alpha value is -1.62. The number of aromatic amines is 1. The van der Waals surface area contributed by atoms with Gasteiger partial charge in [-0.15, -0.1) is 0 Å². The molecule has 0 atom stereocenters. The molecule has 18 heavy (non-hydrogen) atoms. The number of thioether (sulfide) groups is 1. The number of nitrogens with one attached hydrogen (secondary N) is 1. The van der Waals surface area contributed by atoms with Crippen molar-refractivity contribution >= 4 is 11.8 Å². The summed E-state index contributed by atoms with van der Waals surface area (Å²) in [4.78, 5) is 19.0. The molecule has 0 amide bonds. The first-order chi connectivity index (χ1) is 8.65. The van der Waals surface area contributed by atoms with Gasteiger partial charge in [0.2, 0.25) is 0 Å². The smallest absolute Gasteiger partial charge is 0.255 e. The standard InChI is InChI=1S/C13H11FN2OS/c1-7-2-3-8(4-10(7)14)12-15-11-6-18-5-9(11)13(17)16-12/h2-4H,5-6H2,1H3,(H,15,16,17). The van der Waals surface area contributed by atoms with Gasteiger partial charge in [-0.3, -0.25) is 4.79 Å². The van der Waals surface area contributed by atoms with Crippen LogP contribution in [-0.2, 0) is 11.5 Å². The maximum absolute atomic E-state index is 13.5. The summed E-state index contributed by atoms with van der Waals surface area (Å²) in [6.45, 7) is 1.70. The largest absolute Gasteiger partial charge is 0.306 e. The molecule has 92 valence electrons. The van der Waals surface area contributed by atoms with E-state index in [0.29, 0.717) is 22.7 Å². The highest BCUT2D eigenvalue weighted by Gasteiger charge is 2.18. The van der Waals surface area contributed by atoms with Crippen molar-refractivity contribution in [3.63, 3.8) is 0 Å².